The van der Waals surface area contributed by atoms with Crippen molar-refractivity contribution in [3.8, 4) is 0 Å². The monoisotopic (exact) mass is 486 g/mol. The SMILES string of the molecule is CCCCCCCCCCCCCCCC(=O)OC(O)CCC(Br)O[PH](=O)O. The summed E-state index contributed by atoms with van der Waals surface area (Å²) in [5.41, 5.74) is 0. The summed E-state index contributed by atoms with van der Waals surface area (Å²) >= 11 is 3.06. The normalized spacial score (nSPS) is 14.6. The summed E-state index contributed by atoms with van der Waals surface area (Å²) in [6.07, 6.45) is 15.7. The van der Waals surface area contributed by atoms with Crippen LogP contribution in [0.5, 0.6) is 0 Å². The van der Waals surface area contributed by atoms with Crippen molar-refractivity contribution < 1.29 is 28.6 Å². The zero-order valence-electron chi connectivity index (χ0n) is 17.4. The molecule has 0 amide bonds. The Bertz CT molecular complexity index is 397. The maximum atomic E-state index is 11.7. The zero-order valence-corrected chi connectivity index (χ0v) is 20.0. The molecule has 28 heavy (non-hydrogen) atoms. The van der Waals surface area contributed by atoms with Gasteiger partial charge in [0.05, 0.1) is 0 Å². The van der Waals surface area contributed by atoms with Gasteiger partial charge in [-0.1, -0.05) is 99.9 Å². The molecule has 0 saturated carbocycles. The number of aliphatic hydroxyl groups is 1. The Morgan fingerprint density at radius 3 is 1.82 bits per heavy atom. The molecule has 168 valence electrons. The van der Waals surface area contributed by atoms with Gasteiger partial charge >= 0.3 is 14.2 Å². The first-order chi connectivity index (χ1) is 13.5. The Morgan fingerprint density at radius 2 is 1.36 bits per heavy atom. The molecule has 0 aromatic rings. The van der Waals surface area contributed by atoms with Gasteiger partial charge < -0.3 is 14.7 Å². The number of carbonyl (C=O) groups is 1. The van der Waals surface area contributed by atoms with Crippen molar-refractivity contribution in [2.24, 2.45) is 0 Å². The van der Waals surface area contributed by atoms with Crippen LogP contribution in [0, 0.1) is 0 Å². The molecule has 3 unspecified atom stereocenters. The lowest BCUT2D eigenvalue weighted by Crippen LogP contribution is -2.18. The van der Waals surface area contributed by atoms with Crippen LogP contribution in [0.4, 0.5) is 0 Å². The Balaban J connectivity index is 3.39. The molecular formula is C20H40BrO6P. The van der Waals surface area contributed by atoms with Crippen molar-refractivity contribution in [3.63, 3.8) is 0 Å². The van der Waals surface area contributed by atoms with Gasteiger partial charge in [0.15, 0.2) is 0 Å². The van der Waals surface area contributed by atoms with E-state index in [4.69, 9.17) is 9.63 Å². The molecule has 0 spiro atoms. The lowest BCUT2D eigenvalue weighted by atomic mass is 10.0. The van der Waals surface area contributed by atoms with E-state index in [-0.39, 0.29) is 12.8 Å². The first-order valence-electron chi connectivity index (χ1n) is 10.9. The van der Waals surface area contributed by atoms with Crippen LogP contribution in [0.2, 0.25) is 0 Å². The Kier molecular flexibility index (Phi) is 20.4. The molecule has 0 radical (unpaired) electrons. The maximum Gasteiger partial charge on any atom is 0.317 e. The summed E-state index contributed by atoms with van der Waals surface area (Å²) in [7, 11) is -3.02. The average Bonchev–Trinajstić information content (AvgIpc) is 2.63. The molecule has 0 aliphatic rings. The first kappa shape index (κ1) is 28.1. The highest BCUT2D eigenvalue weighted by atomic mass is 79.9. The second-order valence-corrected chi connectivity index (χ2v) is 9.10. The van der Waals surface area contributed by atoms with Crippen LogP contribution in [0.3, 0.4) is 0 Å². The molecular weight excluding hydrogens is 447 g/mol. The first-order valence-corrected chi connectivity index (χ1v) is 13.0. The van der Waals surface area contributed by atoms with Crippen molar-refractivity contribution in [3.05, 3.63) is 0 Å². The van der Waals surface area contributed by atoms with Crippen LogP contribution < -0.4 is 0 Å². The molecule has 0 aromatic heterocycles. The highest BCUT2D eigenvalue weighted by molar-refractivity contribution is 9.09. The zero-order chi connectivity index (χ0) is 21.0. The molecule has 0 heterocycles. The highest BCUT2D eigenvalue weighted by Gasteiger charge is 2.14. The van der Waals surface area contributed by atoms with Crippen LogP contribution >= 0.6 is 24.2 Å². The number of carbonyl (C=O) groups excluding carboxylic acids is 1. The van der Waals surface area contributed by atoms with E-state index in [9.17, 15) is 14.5 Å². The molecule has 0 bridgehead atoms. The van der Waals surface area contributed by atoms with Gasteiger partial charge in [-0.3, -0.25) is 13.9 Å². The smallest absolute Gasteiger partial charge is 0.317 e. The van der Waals surface area contributed by atoms with Crippen LogP contribution in [0.15, 0.2) is 0 Å². The molecule has 0 fully saturated rings. The number of hydrogen-bond acceptors (Lipinski definition) is 5. The van der Waals surface area contributed by atoms with E-state index < -0.39 is 25.5 Å². The van der Waals surface area contributed by atoms with E-state index >= 15 is 0 Å². The number of rotatable bonds is 20. The molecule has 0 aliphatic heterocycles. The fourth-order valence-corrected chi connectivity index (χ4v) is 4.08. The number of alkyl halides is 1. The molecule has 0 saturated heterocycles. The number of hydrogen-bond donors (Lipinski definition) is 2. The van der Waals surface area contributed by atoms with Crippen LogP contribution in [-0.2, 0) is 18.6 Å². The number of unbranched alkanes of at least 4 members (excludes halogenated alkanes) is 12. The summed E-state index contributed by atoms with van der Waals surface area (Å²) in [4.78, 5) is 20.3. The van der Waals surface area contributed by atoms with Crippen LogP contribution in [0.1, 0.15) is 110 Å². The third-order valence-electron chi connectivity index (χ3n) is 4.62. The summed E-state index contributed by atoms with van der Waals surface area (Å²) in [5.74, 6) is -0.404. The van der Waals surface area contributed by atoms with Gasteiger partial charge in [0.2, 0.25) is 6.29 Å². The Labute approximate surface area is 179 Å². The molecule has 2 N–H and O–H groups in total. The topological polar surface area (TPSA) is 93.1 Å². The Hall–Kier alpha value is 0.0600. The van der Waals surface area contributed by atoms with E-state index in [1.165, 1.54) is 64.2 Å². The van der Waals surface area contributed by atoms with Crippen LogP contribution in [0.25, 0.3) is 0 Å². The van der Waals surface area contributed by atoms with E-state index in [1.54, 1.807) is 0 Å². The number of halogens is 1. The third kappa shape index (κ3) is 20.8. The predicted molar refractivity (Wildman–Crippen MR) is 117 cm³/mol. The quantitative estimate of drug-likeness (QED) is 0.0696. The number of esters is 1. The van der Waals surface area contributed by atoms with Gasteiger partial charge in [0.25, 0.3) is 0 Å². The predicted octanol–water partition coefficient (Wildman–Crippen LogP) is 6.23. The molecule has 0 rings (SSSR count). The highest BCUT2D eigenvalue weighted by Crippen LogP contribution is 2.24. The lowest BCUT2D eigenvalue weighted by molar-refractivity contribution is -0.169. The molecule has 0 aromatic carbocycles. The Morgan fingerprint density at radius 1 is 0.893 bits per heavy atom. The van der Waals surface area contributed by atoms with Crippen molar-refractivity contribution in [2.45, 2.75) is 121 Å². The minimum absolute atomic E-state index is 0.148. The molecule has 0 aliphatic carbocycles. The van der Waals surface area contributed by atoms with Crippen molar-refractivity contribution in [2.75, 3.05) is 0 Å². The van der Waals surface area contributed by atoms with E-state index in [2.05, 4.69) is 27.4 Å². The summed E-state index contributed by atoms with van der Waals surface area (Å²) in [5, 5.41) is 9.01. The van der Waals surface area contributed by atoms with Gasteiger partial charge in [0.1, 0.15) is 5.01 Å². The molecule has 6 nitrogen and oxygen atoms in total. The van der Waals surface area contributed by atoms with Gasteiger partial charge in [0, 0.05) is 12.8 Å². The average molecular weight is 487 g/mol. The van der Waals surface area contributed by atoms with Crippen LogP contribution in [-0.4, -0.2) is 27.3 Å². The minimum Gasteiger partial charge on any atom is -0.436 e. The third-order valence-corrected chi connectivity index (χ3v) is 6.10. The van der Waals surface area contributed by atoms with Gasteiger partial charge in [-0.25, -0.2) is 0 Å². The lowest BCUT2D eigenvalue weighted by Gasteiger charge is -2.14. The molecule has 8 heteroatoms. The summed E-state index contributed by atoms with van der Waals surface area (Å²) in [6.45, 7) is 2.25. The minimum atomic E-state index is -3.02. The second kappa shape index (κ2) is 20.3. The van der Waals surface area contributed by atoms with Crippen molar-refractivity contribution in [1.29, 1.82) is 0 Å². The van der Waals surface area contributed by atoms with E-state index in [1.807, 2.05) is 0 Å². The van der Waals surface area contributed by atoms with Crippen molar-refractivity contribution >= 4 is 30.2 Å². The maximum absolute atomic E-state index is 11.7. The second-order valence-electron chi connectivity index (χ2n) is 7.31. The number of ether oxygens (including phenoxy) is 1. The van der Waals surface area contributed by atoms with E-state index in [0.717, 1.165) is 19.3 Å². The fraction of sp³-hybridized carbons (Fsp3) is 0.950. The largest absolute Gasteiger partial charge is 0.436 e. The standard InChI is InChI=1S/C20H40BrO6P/c1-2-3-4-5-6-7-8-9-10-11-12-13-14-15-19(22)26-20(23)17-16-18(21)27-28(24)25/h18,20,23,28H,2-17H2,1H3,(H,24,25). The summed E-state index contributed by atoms with van der Waals surface area (Å²) < 4.78 is 20.1. The van der Waals surface area contributed by atoms with E-state index in [0.29, 0.717) is 6.42 Å². The van der Waals surface area contributed by atoms with Gasteiger partial charge in [-0.15, -0.1) is 0 Å². The van der Waals surface area contributed by atoms with Gasteiger partial charge in [-0.2, -0.15) is 0 Å². The fourth-order valence-electron chi connectivity index (χ4n) is 3.00. The molecule has 3 atom stereocenters. The summed E-state index contributed by atoms with van der Waals surface area (Å²) in [6, 6.07) is 0. The number of aliphatic hydroxyl groups excluding tert-OH is 1. The van der Waals surface area contributed by atoms with Gasteiger partial charge in [-0.05, 0) is 12.8 Å². The van der Waals surface area contributed by atoms with Crippen molar-refractivity contribution in [1.82, 2.24) is 0 Å².